The van der Waals surface area contributed by atoms with Crippen LogP contribution in [-0.4, -0.2) is 29.6 Å². The fourth-order valence-electron chi connectivity index (χ4n) is 2.51. The van der Waals surface area contributed by atoms with Crippen LogP contribution >= 0.6 is 0 Å². The largest absolute Gasteiger partial charge is 0.481 e. The van der Waals surface area contributed by atoms with E-state index in [4.69, 9.17) is 5.11 Å². The summed E-state index contributed by atoms with van der Waals surface area (Å²) >= 11 is 0. The summed E-state index contributed by atoms with van der Waals surface area (Å²) in [6, 6.07) is 19.2. The Bertz CT molecular complexity index is 593. The van der Waals surface area contributed by atoms with E-state index in [2.05, 4.69) is 48.2 Å². The van der Waals surface area contributed by atoms with Gasteiger partial charge in [0.15, 0.2) is 0 Å². The highest BCUT2D eigenvalue weighted by Gasteiger charge is 2.12. The molecular formula is C19H23NO2. The zero-order chi connectivity index (χ0) is 15.9. The minimum Gasteiger partial charge on any atom is -0.481 e. The van der Waals surface area contributed by atoms with Crippen LogP contribution in [0.15, 0.2) is 54.6 Å². The fraction of sp³-hybridized carbons (Fsp3) is 0.316. The molecule has 3 heteroatoms. The Morgan fingerprint density at radius 1 is 1.05 bits per heavy atom. The molecule has 0 amide bonds. The van der Waals surface area contributed by atoms with Crippen LogP contribution in [0.4, 0.5) is 0 Å². The monoisotopic (exact) mass is 297 g/mol. The first kappa shape index (κ1) is 16.2. The molecule has 0 saturated carbocycles. The molecule has 116 valence electrons. The molecule has 0 aliphatic rings. The molecule has 0 aliphatic carbocycles. The number of benzene rings is 2. The first-order valence-corrected chi connectivity index (χ1v) is 7.65. The van der Waals surface area contributed by atoms with Gasteiger partial charge in [0.1, 0.15) is 0 Å². The fourth-order valence-corrected chi connectivity index (χ4v) is 2.51. The maximum absolute atomic E-state index is 10.6. The van der Waals surface area contributed by atoms with E-state index in [9.17, 15) is 4.79 Å². The third-order valence-electron chi connectivity index (χ3n) is 4.06. The average Bonchev–Trinajstić information content (AvgIpc) is 2.54. The second-order valence-electron chi connectivity index (χ2n) is 5.64. The van der Waals surface area contributed by atoms with Crippen molar-refractivity contribution < 1.29 is 9.90 Å². The van der Waals surface area contributed by atoms with E-state index in [1.54, 1.807) is 0 Å². The van der Waals surface area contributed by atoms with Crippen molar-refractivity contribution >= 4 is 5.97 Å². The molecule has 0 unspecified atom stereocenters. The van der Waals surface area contributed by atoms with Gasteiger partial charge in [-0.3, -0.25) is 9.69 Å². The molecule has 2 aromatic carbocycles. The Balaban J connectivity index is 1.99. The average molecular weight is 297 g/mol. The Labute approximate surface area is 132 Å². The number of rotatable bonds is 7. The van der Waals surface area contributed by atoms with Gasteiger partial charge in [-0.2, -0.15) is 0 Å². The molecule has 0 radical (unpaired) electrons. The third-order valence-corrected chi connectivity index (χ3v) is 4.06. The van der Waals surface area contributed by atoms with Crippen molar-refractivity contribution in [3.05, 3.63) is 60.2 Å². The molecule has 0 fully saturated rings. The lowest BCUT2D eigenvalue weighted by molar-refractivity contribution is -0.137. The lowest BCUT2D eigenvalue weighted by Crippen LogP contribution is -2.24. The van der Waals surface area contributed by atoms with Gasteiger partial charge in [-0.15, -0.1) is 0 Å². The number of carboxylic acids is 1. The highest BCUT2D eigenvalue weighted by atomic mass is 16.4. The summed E-state index contributed by atoms with van der Waals surface area (Å²) in [5, 5.41) is 8.70. The maximum atomic E-state index is 10.6. The van der Waals surface area contributed by atoms with Crippen molar-refractivity contribution in [1.29, 1.82) is 0 Å². The minimum absolute atomic E-state index is 0.226. The molecule has 0 spiro atoms. The molecule has 1 atom stereocenters. The maximum Gasteiger partial charge on any atom is 0.303 e. The Morgan fingerprint density at radius 3 is 2.23 bits per heavy atom. The lowest BCUT2D eigenvalue weighted by atomic mass is 10.0. The summed E-state index contributed by atoms with van der Waals surface area (Å²) in [5.74, 6) is -0.728. The van der Waals surface area contributed by atoms with Gasteiger partial charge in [-0.05, 0) is 43.6 Å². The summed E-state index contributed by atoms with van der Waals surface area (Å²) in [5.41, 5.74) is 3.68. The van der Waals surface area contributed by atoms with Crippen LogP contribution < -0.4 is 0 Å². The zero-order valence-corrected chi connectivity index (χ0v) is 13.2. The van der Waals surface area contributed by atoms with Crippen molar-refractivity contribution in [1.82, 2.24) is 4.90 Å². The molecule has 0 heterocycles. The van der Waals surface area contributed by atoms with Gasteiger partial charge in [0.05, 0.1) is 0 Å². The Kier molecular flexibility index (Phi) is 5.73. The van der Waals surface area contributed by atoms with Gasteiger partial charge in [0.25, 0.3) is 0 Å². The lowest BCUT2D eigenvalue weighted by Gasteiger charge is -2.25. The number of carbonyl (C=O) groups is 1. The highest BCUT2D eigenvalue weighted by molar-refractivity contribution is 5.66. The van der Waals surface area contributed by atoms with Gasteiger partial charge in [-0.1, -0.05) is 54.6 Å². The van der Waals surface area contributed by atoms with Gasteiger partial charge >= 0.3 is 5.97 Å². The van der Waals surface area contributed by atoms with Crippen LogP contribution in [-0.2, 0) is 4.79 Å². The molecule has 0 aliphatic heterocycles. The molecule has 1 N–H and O–H groups in total. The normalized spacial score (nSPS) is 12.3. The second-order valence-corrected chi connectivity index (χ2v) is 5.64. The van der Waals surface area contributed by atoms with E-state index in [0.29, 0.717) is 6.42 Å². The standard InChI is InChI=1S/C19H23NO2/c1-15(20(2)14-6-9-19(21)22)16-10-12-18(13-11-16)17-7-4-3-5-8-17/h3-5,7-8,10-13,15H,6,9,14H2,1-2H3,(H,21,22)/t15-/m0/s1. The summed E-state index contributed by atoms with van der Waals surface area (Å²) in [4.78, 5) is 12.8. The zero-order valence-electron chi connectivity index (χ0n) is 13.2. The van der Waals surface area contributed by atoms with Crippen LogP contribution in [0, 0.1) is 0 Å². The molecule has 2 rings (SSSR count). The molecule has 0 aromatic heterocycles. The third kappa shape index (κ3) is 4.43. The van der Waals surface area contributed by atoms with E-state index >= 15 is 0 Å². The number of hydrogen-bond donors (Lipinski definition) is 1. The Morgan fingerprint density at radius 2 is 1.64 bits per heavy atom. The van der Waals surface area contributed by atoms with Gasteiger partial charge in [0, 0.05) is 12.5 Å². The van der Waals surface area contributed by atoms with Crippen molar-refractivity contribution in [2.24, 2.45) is 0 Å². The van der Waals surface area contributed by atoms with E-state index in [1.807, 2.05) is 25.2 Å². The van der Waals surface area contributed by atoms with E-state index < -0.39 is 5.97 Å². The quantitative estimate of drug-likeness (QED) is 0.832. The van der Waals surface area contributed by atoms with Crippen LogP contribution in [0.2, 0.25) is 0 Å². The van der Waals surface area contributed by atoms with Crippen molar-refractivity contribution in [2.45, 2.75) is 25.8 Å². The SMILES string of the molecule is C[C@@H](c1ccc(-c2ccccc2)cc1)N(C)CCCC(=O)O. The molecule has 2 aromatic rings. The first-order chi connectivity index (χ1) is 10.6. The highest BCUT2D eigenvalue weighted by Crippen LogP contribution is 2.24. The number of nitrogens with zero attached hydrogens (tertiary/aromatic N) is 1. The summed E-state index contributed by atoms with van der Waals surface area (Å²) < 4.78 is 0. The summed E-state index contributed by atoms with van der Waals surface area (Å²) in [6.07, 6.45) is 0.905. The topological polar surface area (TPSA) is 40.5 Å². The van der Waals surface area contributed by atoms with E-state index in [1.165, 1.54) is 16.7 Å². The molecular weight excluding hydrogens is 274 g/mol. The predicted molar refractivity (Wildman–Crippen MR) is 89.8 cm³/mol. The van der Waals surface area contributed by atoms with Crippen LogP contribution in [0.5, 0.6) is 0 Å². The van der Waals surface area contributed by atoms with Crippen molar-refractivity contribution in [2.75, 3.05) is 13.6 Å². The number of aliphatic carboxylic acids is 1. The second kappa shape index (κ2) is 7.76. The van der Waals surface area contributed by atoms with Crippen LogP contribution in [0.25, 0.3) is 11.1 Å². The van der Waals surface area contributed by atoms with Crippen molar-refractivity contribution in [3.63, 3.8) is 0 Å². The first-order valence-electron chi connectivity index (χ1n) is 7.65. The van der Waals surface area contributed by atoms with Gasteiger partial charge in [0.2, 0.25) is 0 Å². The smallest absolute Gasteiger partial charge is 0.303 e. The minimum atomic E-state index is -0.728. The van der Waals surface area contributed by atoms with Crippen LogP contribution in [0.3, 0.4) is 0 Å². The van der Waals surface area contributed by atoms with E-state index in [-0.39, 0.29) is 12.5 Å². The van der Waals surface area contributed by atoms with Crippen molar-refractivity contribution in [3.8, 4) is 11.1 Å². The van der Waals surface area contributed by atoms with Gasteiger partial charge < -0.3 is 5.11 Å². The summed E-state index contributed by atoms with van der Waals surface area (Å²) in [6.45, 7) is 2.94. The molecule has 22 heavy (non-hydrogen) atoms. The van der Waals surface area contributed by atoms with Crippen LogP contribution in [0.1, 0.15) is 31.4 Å². The molecule has 0 saturated heterocycles. The predicted octanol–water partition coefficient (Wildman–Crippen LogP) is 4.21. The van der Waals surface area contributed by atoms with E-state index in [0.717, 1.165) is 6.54 Å². The number of hydrogen-bond acceptors (Lipinski definition) is 2. The number of carboxylic acid groups (broad SMARTS) is 1. The molecule has 0 bridgehead atoms. The Hall–Kier alpha value is -2.13. The summed E-state index contributed by atoms with van der Waals surface area (Å²) in [7, 11) is 2.04. The molecule has 3 nitrogen and oxygen atoms in total. The van der Waals surface area contributed by atoms with Gasteiger partial charge in [-0.25, -0.2) is 0 Å².